The van der Waals surface area contributed by atoms with Crippen molar-refractivity contribution in [3.05, 3.63) is 0 Å². The maximum atomic E-state index is 12.3. The summed E-state index contributed by atoms with van der Waals surface area (Å²) in [6.07, 6.45) is 5.51. The molecule has 1 rings (SSSR count). The van der Waals surface area contributed by atoms with Gasteiger partial charge in [0, 0.05) is 24.8 Å². The SMILES string of the molecule is CCCCCCCC(=O)N[C@H]1C[C@H]1CO[C@H](C)C(=O)N[C@@H](C)C(=O)N[C@H](CCC(=O)O)C(N)=O. The largest absolute Gasteiger partial charge is 0.481 e. The number of nitrogens with two attached hydrogens (primary N) is 1. The van der Waals surface area contributed by atoms with Crippen LogP contribution in [0.15, 0.2) is 0 Å². The van der Waals surface area contributed by atoms with Crippen molar-refractivity contribution in [2.45, 2.75) is 103 Å². The van der Waals surface area contributed by atoms with Gasteiger partial charge in [-0.1, -0.05) is 32.6 Å². The molecule has 1 saturated carbocycles. The van der Waals surface area contributed by atoms with Crippen molar-refractivity contribution < 1.29 is 33.8 Å². The Balaban J connectivity index is 2.28. The van der Waals surface area contributed by atoms with Crippen LogP contribution < -0.4 is 21.7 Å². The predicted octanol–water partition coefficient (Wildman–Crippen LogP) is 0.596. The van der Waals surface area contributed by atoms with Crippen LogP contribution in [0, 0.1) is 5.92 Å². The Labute approximate surface area is 200 Å². The zero-order valence-electron chi connectivity index (χ0n) is 20.4. The number of rotatable bonds is 18. The number of ether oxygens (including phenoxy) is 1. The summed E-state index contributed by atoms with van der Waals surface area (Å²) in [5, 5.41) is 16.6. The van der Waals surface area contributed by atoms with Gasteiger partial charge in [-0.25, -0.2) is 0 Å². The first-order valence-electron chi connectivity index (χ1n) is 12.1. The number of primary amides is 1. The van der Waals surface area contributed by atoms with E-state index in [-0.39, 0.29) is 30.7 Å². The first-order valence-corrected chi connectivity index (χ1v) is 12.1. The third kappa shape index (κ3) is 12.0. The summed E-state index contributed by atoms with van der Waals surface area (Å²) in [5.74, 6) is -2.93. The molecule has 194 valence electrons. The van der Waals surface area contributed by atoms with Crippen molar-refractivity contribution in [3.8, 4) is 0 Å². The van der Waals surface area contributed by atoms with E-state index in [1.165, 1.54) is 19.8 Å². The average molecular weight is 485 g/mol. The van der Waals surface area contributed by atoms with Gasteiger partial charge in [0.05, 0.1) is 6.61 Å². The van der Waals surface area contributed by atoms with E-state index in [4.69, 9.17) is 15.6 Å². The van der Waals surface area contributed by atoms with Crippen molar-refractivity contribution in [1.29, 1.82) is 0 Å². The summed E-state index contributed by atoms with van der Waals surface area (Å²) in [6, 6.07) is -2.05. The number of unbranched alkanes of at least 4 members (excludes halogenated alkanes) is 4. The van der Waals surface area contributed by atoms with Crippen LogP contribution in [0.1, 0.15) is 78.6 Å². The maximum absolute atomic E-state index is 12.3. The highest BCUT2D eigenvalue weighted by molar-refractivity contribution is 5.92. The Hall–Kier alpha value is -2.69. The lowest BCUT2D eigenvalue weighted by molar-refractivity contribution is -0.138. The van der Waals surface area contributed by atoms with Gasteiger partial charge in [0.2, 0.25) is 23.6 Å². The second-order valence-corrected chi connectivity index (χ2v) is 8.94. The van der Waals surface area contributed by atoms with Crippen molar-refractivity contribution in [3.63, 3.8) is 0 Å². The lowest BCUT2D eigenvalue weighted by Crippen LogP contribution is -2.53. The van der Waals surface area contributed by atoms with Crippen LogP contribution in [0.2, 0.25) is 0 Å². The van der Waals surface area contributed by atoms with Crippen LogP contribution in [0.4, 0.5) is 0 Å². The monoisotopic (exact) mass is 484 g/mol. The number of hydrogen-bond donors (Lipinski definition) is 5. The fourth-order valence-corrected chi connectivity index (χ4v) is 3.37. The van der Waals surface area contributed by atoms with Gasteiger partial charge in [0.25, 0.3) is 0 Å². The topological polar surface area (TPSA) is 177 Å². The predicted molar refractivity (Wildman–Crippen MR) is 124 cm³/mol. The van der Waals surface area contributed by atoms with Gasteiger partial charge in [-0.3, -0.25) is 24.0 Å². The highest BCUT2D eigenvalue weighted by atomic mass is 16.5. The van der Waals surface area contributed by atoms with Gasteiger partial charge >= 0.3 is 5.97 Å². The Kier molecular flexibility index (Phi) is 13.2. The lowest BCUT2D eigenvalue weighted by Gasteiger charge is -2.20. The fraction of sp³-hybridized carbons (Fsp3) is 0.783. The first-order chi connectivity index (χ1) is 16.0. The molecule has 0 radical (unpaired) electrons. The number of carbonyl (C=O) groups excluding carboxylic acids is 4. The molecule has 1 fully saturated rings. The summed E-state index contributed by atoms with van der Waals surface area (Å²) in [5.41, 5.74) is 5.20. The first kappa shape index (κ1) is 29.3. The molecule has 0 spiro atoms. The molecule has 0 unspecified atom stereocenters. The Morgan fingerprint density at radius 1 is 1.00 bits per heavy atom. The van der Waals surface area contributed by atoms with Crippen LogP contribution in [-0.2, 0) is 28.7 Å². The molecule has 0 heterocycles. The standard InChI is InChI=1S/C23H40N4O7/c1-4-5-6-7-8-9-19(28)26-18-12-16(18)13-34-15(3)23(33)25-14(2)22(32)27-17(21(24)31)10-11-20(29)30/h14-18H,4-13H2,1-3H3,(H2,24,31)(H,25,33)(H,26,28)(H,27,32)(H,29,30)/t14-,15+,16-,17+,18-/m0/s1. The molecule has 1 aliphatic rings. The average Bonchev–Trinajstić information content (AvgIpc) is 3.51. The number of amides is 4. The molecule has 11 heteroatoms. The molecule has 1 aliphatic carbocycles. The number of hydrogen-bond acceptors (Lipinski definition) is 6. The van der Waals surface area contributed by atoms with E-state index in [9.17, 15) is 24.0 Å². The second kappa shape index (κ2) is 15.3. The number of carboxylic acids is 1. The Bertz CT molecular complexity index is 715. The quantitative estimate of drug-likeness (QED) is 0.177. The third-order valence-corrected chi connectivity index (χ3v) is 5.76. The van der Waals surface area contributed by atoms with E-state index in [0.717, 1.165) is 25.7 Å². The van der Waals surface area contributed by atoms with Gasteiger partial charge in [-0.15, -0.1) is 0 Å². The van der Waals surface area contributed by atoms with Gasteiger partial charge in [-0.05, 0) is 33.1 Å². The van der Waals surface area contributed by atoms with E-state index in [0.29, 0.717) is 13.0 Å². The van der Waals surface area contributed by atoms with Crippen LogP contribution >= 0.6 is 0 Å². The van der Waals surface area contributed by atoms with E-state index in [1.807, 2.05) is 0 Å². The van der Waals surface area contributed by atoms with Gasteiger partial charge in [0.1, 0.15) is 18.2 Å². The highest BCUT2D eigenvalue weighted by Gasteiger charge is 2.39. The summed E-state index contributed by atoms with van der Waals surface area (Å²) in [4.78, 5) is 58.6. The van der Waals surface area contributed by atoms with Crippen LogP contribution in [0.3, 0.4) is 0 Å². The molecule has 0 aromatic rings. The lowest BCUT2D eigenvalue weighted by atomic mass is 10.1. The van der Waals surface area contributed by atoms with Gasteiger partial charge < -0.3 is 31.5 Å². The number of carboxylic acid groups (broad SMARTS) is 1. The number of aliphatic carboxylic acids is 1. The molecule has 34 heavy (non-hydrogen) atoms. The van der Waals surface area contributed by atoms with E-state index in [1.54, 1.807) is 6.92 Å². The smallest absolute Gasteiger partial charge is 0.303 e. The molecule has 4 amide bonds. The third-order valence-electron chi connectivity index (χ3n) is 5.76. The molecule has 0 bridgehead atoms. The van der Waals surface area contributed by atoms with Gasteiger partial charge in [-0.2, -0.15) is 0 Å². The van der Waals surface area contributed by atoms with Crippen LogP contribution in [-0.4, -0.2) is 65.5 Å². The molecule has 0 saturated heterocycles. The molecular formula is C23H40N4O7. The van der Waals surface area contributed by atoms with Crippen LogP contribution in [0.25, 0.3) is 0 Å². The zero-order chi connectivity index (χ0) is 25.7. The second-order valence-electron chi connectivity index (χ2n) is 8.94. The summed E-state index contributed by atoms with van der Waals surface area (Å²) < 4.78 is 5.60. The van der Waals surface area contributed by atoms with Crippen molar-refractivity contribution in [1.82, 2.24) is 16.0 Å². The zero-order valence-corrected chi connectivity index (χ0v) is 20.4. The van der Waals surface area contributed by atoms with E-state index < -0.39 is 41.9 Å². The van der Waals surface area contributed by atoms with Gasteiger partial charge in [0.15, 0.2) is 0 Å². The molecule has 6 N–H and O–H groups in total. The number of nitrogens with one attached hydrogen (secondary N) is 3. The minimum absolute atomic E-state index is 0.0484. The maximum Gasteiger partial charge on any atom is 0.303 e. The molecule has 0 aromatic carbocycles. The molecular weight excluding hydrogens is 444 g/mol. The summed E-state index contributed by atoms with van der Waals surface area (Å²) >= 11 is 0. The van der Waals surface area contributed by atoms with E-state index >= 15 is 0 Å². The minimum atomic E-state index is -1.14. The number of carbonyl (C=O) groups is 5. The van der Waals surface area contributed by atoms with Crippen molar-refractivity contribution in [2.24, 2.45) is 11.7 Å². The summed E-state index contributed by atoms with van der Waals surface area (Å²) in [7, 11) is 0. The highest BCUT2D eigenvalue weighted by Crippen LogP contribution is 2.31. The minimum Gasteiger partial charge on any atom is -0.481 e. The molecule has 0 aromatic heterocycles. The summed E-state index contributed by atoms with van der Waals surface area (Å²) in [6.45, 7) is 5.46. The molecule has 0 aliphatic heterocycles. The Morgan fingerprint density at radius 3 is 2.29 bits per heavy atom. The Morgan fingerprint density at radius 2 is 1.68 bits per heavy atom. The molecule has 5 atom stereocenters. The molecule has 11 nitrogen and oxygen atoms in total. The van der Waals surface area contributed by atoms with Crippen molar-refractivity contribution >= 4 is 29.6 Å². The fourth-order valence-electron chi connectivity index (χ4n) is 3.37. The van der Waals surface area contributed by atoms with E-state index in [2.05, 4.69) is 22.9 Å². The normalized spacial score (nSPS) is 19.4. The van der Waals surface area contributed by atoms with Crippen LogP contribution in [0.5, 0.6) is 0 Å². The van der Waals surface area contributed by atoms with Crippen molar-refractivity contribution in [2.75, 3.05) is 6.61 Å².